The number of amides is 1. The van der Waals surface area contributed by atoms with Crippen molar-refractivity contribution in [2.24, 2.45) is 0 Å². The lowest BCUT2D eigenvalue weighted by molar-refractivity contribution is -0.144. The van der Waals surface area contributed by atoms with Crippen LogP contribution in [0.4, 0.5) is 10.1 Å². The molecule has 1 atom stereocenters. The molecule has 0 saturated heterocycles. The summed E-state index contributed by atoms with van der Waals surface area (Å²) in [6.07, 6.45) is 0. The van der Waals surface area contributed by atoms with Gasteiger partial charge in [-0.1, -0.05) is 13.8 Å². The minimum absolute atomic E-state index is 0.104. The molecule has 0 aromatic heterocycles. The second-order valence-electron chi connectivity index (χ2n) is 4.74. The highest BCUT2D eigenvalue weighted by atomic mass is 19.1. The number of carbonyl (C=O) groups is 3. The minimum atomic E-state index is -1.37. The molecule has 0 N–H and O–H groups in total. The first-order chi connectivity index (χ1) is 12.5. The van der Waals surface area contributed by atoms with Gasteiger partial charge in [-0.2, -0.15) is 0 Å². The van der Waals surface area contributed by atoms with Crippen molar-refractivity contribution in [1.29, 1.82) is 0 Å². The lowest BCUT2D eigenvalue weighted by atomic mass is 10.1. The molecular weight excluding hydrogens is 345 g/mol. The average Bonchev–Trinajstić information content (AvgIpc) is 2.96. The molecule has 0 aliphatic carbocycles. The third-order valence-electron chi connectivity index (χ3n) is 3.41. The number of anilines is 1. The number of carbonyl (C=O) groups excluding carboxylic acids is 3. The molecule has 0 radical (unpaired) electrons. The van der Waals surface area contributed by atoms with Crippen molar-refractivity contribution in [3.63, 3.8) is 0 Å². The van der Waals surface area contributed by atoms with Gasteiger partial charge in [-0.25, -0.2) is 14.0 Å². The molecule has 1 amide bonds. The normalized spacial score (nSPS) is 16.0. The highest BCUT2D eigenvalue weighted by Gasteiger charge is 2.49. The fourth-order valence-corrected chi connectivity index (χ4v) is 2.40. The van der Waals surface area contributed by atoms with E-state index in [0.29, 0.717) is 0 Å². The van der Waals surface area contributed by atoms with Gasteiger partial charge in [-0.15, -0.1) is 0 Å². The largest absolute Gasteiger partial charge is 0.488 e. The zero-order valence-corrected chi connectivity index (χ0v) is 15.4. The Labute approximate surface area is 151 Å². The SMILES string of the molecule is CC.CCOC1=C(C(=O)OC)C(C(=O)OC)N(c2ccc(F)cc2)C1=O. The van der Waals surface area contributed by atoms with E-state index in [2.05, 4.69) is 4.74 Å². The van der Waals surface area contributed by atoms with Crippen LogP contribution in [0, 0.1) is 5.82 Å². The molecule has 1 aliphatic heterocycles. The van der Waals surface area contributed by atoms with E-state index >= 15 is 0 Å². The first kappa shape index (κ1) is 21.1. The van der Waals surface area contributed by atoms with Gasteiger partial charge < -0.3 is 14.2 Å². The lowest BCUT2D eigenvalue weighted by Gasteiger charge is -2.23. The Morgan fingerprint density at radius 2 is 1.69 bits per heavy atom. The van der Waals surface area contributed by atoms with Crippen LogP contribution < -0.4 is 4.90 Å². The molecule has 142 valence electrons. The Morgan fingerprint density at radius 1 is 1.12 bits per heavy atom. The van der Waals surface area contributed by atoms with Crippen LogP contribution >= 0.6 is 0 Å². The van der Waals surface area contributed by atoms with Gasteiger partial charge in [0.15, 0.2) is 11.8 Å². The number of benzene rings is 1. The summed E-state index contributed by atoms with van der Waals surface area (Å²) < 4.78 is 27.8. The third-order valence-corrected chi connectivity index (χ3v) is 3.41. The molecule has 7 nitrogen and oxygen atoms in total. The van der Waals surface area contributed by atoms with Crippen molar-refractivity contribution in [2.75, 3.05) is 25.7 Å². The van der Waals surface area contributed by atoms with Crippen molar-refractivity contribution >= 4 is 23.5 Å². The predicted molar refractivity (Wildman–Crippen MR) is 91.7 cm³/mol. The summed E-state index contributed by atoms with van der Waals surface area (Å²) in [5, 5.41) is 0. The van der Waals surface area contributed by atoms with Crippen LogP contribution in [0.1, 0.15) is 20.8 Å². The summed E-state index contributed by atoms with van der Waals surface area (Å²) in [6, 6.07) is 3.52. The minimum Gasteiger partial charge on any atom is -0.488 e. The van der Waals surface area contributed by atoms with Gasteiger partial charge in [0, 0.05) is 5.69 Å². The fraction of sp³-hybridized carbons (Fsp3) is 0.389. The second kappa shape index (κ2) is 9.55. The number of esters is 2. The highest BCUT2D eigenvalue weighted by molar-refractivity contribution is 6.20. The second-order valence-corrected chi connectivity index (χ2v) is 4.74. The van der Waals surface area contributed by atoms with Gasteiger partial charge in [0.2, 0.25) is 0 Å². The van der Waals surface area contributed by atoms with E-state index in [-0.39, 0.29) is 23.6 Å². The highest BCUT2D eigenvalue weighted by Crippen LogP contribution is 2.33. The molecule has 2 rings (SSSR count). The van der Waals surface area contributed by atoms with Crippen molar-refractivity contribution in [3.05, 3.63) is 41.4 Å². The van der Waals surface area contributed by atoms with Gasteiger partial charge >= 0.3 is 11.9 Å². The monoisotopic (exact) mass is 367 g/mol. The zero-order chi connectivity index (χ0) is 19.9. The molecule has 1 aliphatic rings. The van der Waals surface area contributed by atoms with Crippen LogP contribution in [0.5, 0.6) is 0 Å². The molecule has 0 saturated carbocycles. The number of hydrogen-bond acceptors (Lipinski definition) is 6. The molecule has 0 fully saturated rings. The zero-order valence-electron chi connectivity index (χ0n) is 15.4. The maximum Gasteiger partial charge on any atom is 0.340 e. The Bertz CT molecular complexity index is 698. The van der Waals surface area contributed by atoms with E-state index in [0.717, 1.165) is 31.3 Å². The van der Waals surface area contributed by atoms with E-state index < -0.39 is 29.7 Å². The van der Waals surface area contributed by atoms with Gasteiger partial charge in [-0.05, 0) is 31.2 Å². The molecule has 26 heavy (non-hydrogen) atoms. The number of nitrogens with zero attached hydrogens (tertiary/aromatic N) is 1. The predicted octanol–water partition coefficient (Wildman–Crippen LogP) is 2.20. The van der Waals surface area contributed by atoms with E-state index in [4.69, 9.17) is 9.47 Å². The summed E-state index contributed by atoms with van der Waals surface area (Å²) in [4.78, 5) is 38.0. The van der Waals surface area contributed by atoms with Crippen LogP contribution in [0.15, 0.2) is 35.6 Å². The first-order valence-electron chi connectivity index (χ1n) is 8.08. The van der Waals surface area contributed by atoms with E-state index in [1.807, 2.05) is 13.8 Å². The van der Waals surface area contributed by atoms with E-state index in [1.165, 1.54) is 12.1 Å². The first-order valence-corrected chi connectivity index (χ1v) is 8.08. The maximum atomic E-state index is 13.1. The smallest absolute Gasteiger partial charge is 0.340 e. The Hall–Kier alpha value is -2.90. The van der Waals surface area contributed by atoms with Crippen molar-refractivity contribution in [3.8, 4) is 0 Å². The van der Waals surface area contributed by atoms with Gasteiger partial charge in [0.25, 0.3) is 5.91 Å². The lowest BCUT2D eigenvalue weighted by Crippen LogP contribution is -2.43. The maximum absolute atomic E-state index is 13.1. The molecule has 1 aromatic rings. The number of rotatable bonds is 5. The molecular formula is C18H22FNO6. The molecule has 8 heteroatoms. The summed E-state index contributed by atoms with van der Waals surface area (Å²) in [5.41, 5.74) is -0.0339. The van der Waals surface area contributed by atoms with Crippen molar-refractivity contribution in [1.82, 2.24) is 0 Å². The Balaban J connectivity index is 0.00000163. The standard InChI is InChI=1S/C16H16FNO6.C2H6/c1-4-24-13-11(15(20)22-2)12(16(21)23-3)18(14(13)19)10-7-5-9(17)6-8-10;1-2/h5-8,12H,4H2,1-3H3;1-2H3. The Morgan fingerprint density at radius 3 is 2.15 bits per heavy atom. The van der Waals surface area contributed by atoms with Crippen LogP contribution in [-0.2, 0) is 28.6 Å². The molecule has 1 unspecified atom stereocenters. The molecule has 0 bridgehead atoms. The van der Waals surface area contributed by atoms with Crippen LogP contribution in [0.3, 0.4) is 0 Å². The third kappa shape index (κ3) is 4.01. The van der Waals surface area contributed by atoms with Crippen molar-refractivity contribution in [2.45, 2.75) is 26.8 Å². The van der Waals surface area contributed by atoms with Crippen LogP contribution in [-0.4, -0.2) is 44.7 Å². The quantitative estimate of drug-likeness (QED) is 0.742. The summed E-state index contributed by atoms with van der Waals surface area (Å²) >= 11 is 0. The van der Waals surface area contributed by atoms with Gasteiger partial charge in [-0.3, -0.25) is 9.69 Å². The summed E-state index contributed by atoms with van der Waals surface area (Å²) in [5.74, 6) is -3.23. The average molecular weight is 367 g/mol. The summed E-state index contributed by atoms with van der Waals surface area (Å²) in [7, 11) is 2.25. The molecule has 1 heterocycles. The van der Waals surface area contributed by atoms with Gasteiger partial charge in [0.1, 0.15) is 11.4 Å². The Kier molecular flexibility index (Phi) is 7.77. The van der Waals surface area contributed by atoms with E-state index in [9.17, 15) is 18.8 Å². The topological polar surface area (TPSA) is 82.1 Å². The van der Waals surface area contributed by atoms with Gasteiger partial charge in [0.05, 0.1) is 20.8 Å². The summed E-state index contributed by atoms with van der Waals surface area (Å²) in [6.45, 7) is 5.73. The van der Waals surface area contributed by atoms with E-state index in [1.54, 1.807) is 6.92 Å². The number of ether oxygens (including phenoxy) is 3. The fourth-order valence-electron chi connectivity index (χ4n) is 2.40. The molecule has 1 aromatic carbocycles. The molecule has 0 spiro atoms. The van der Waals surface area contributed by atoms with Crippen LogP contribution in [0.2, 0.25) is 0 Å². The van der Waals surface area contributed by atoms with Crippen molar-refractivity contribution < 1.29 is 33.0 Å². The number of methoxy groups -OCH3 is 2. The number of halogens is 1. The van der Waals surface area contributed by atoms with Crippen LogP contribution in [0.25, 0.3) is 0 Å². The number of hydrogen-bond donors (Lipinski definition) is 0.